The van der Waals surface area contributed by atoms with Crippen LogP contribution in [0.3, 0.4) is 0 Å². The zero-order chi connectivity index (χ0) is 22.8. The number of ketones is 1. The lowest BCUT2D eigenvalue weighted by Gasteiger charge is -2.42. The predicted octanol–water partition coefficient (Wildman–Crippen LogP) is 5.64. The first-order valence-electron chi connectivity index (χ1n) is 12.0. The van der Waals surface area contributed by atoms with Crippen molar-refractivity contribution in [2.75, 3.05) is 0 Å². The molecule has 3 saturated carbocycles. The van der Waals surface area contributed by atoms with Gasteiger partial charge in [-0.3, -0.25) is 4.79 Å². The molecule has 1 heterocycles. The molecule has 2 bridgehead atoms. The average molecular weight is 447 g/mol. The van der Waals surface area contributed by atoms with Gasteiger partial charge in [0.25, 0.3) is 0 Å². The van der Waals surface area contributed by atoms with Gasteiger partial charge in [0.2, 0.25) is 0 Å². The summed E-state index contributed by atoms with van der Waals surface area (Å²) in [6.07, 6.45) is 3.73. The van der Waals surface area contributed by atoms with E-state index in [1.165, 1.54) is 0 Å². The molecule has 7 atom stereocenters. The number of carbonyl (C=O) groups is 2. The molecular formula is C25H38O5Si. The standard InChI is InChI=1S/C25H38O5Si/c1-14-12-24-10-9-15-19(23(15,5)6)18(20(24)26)16(30-31(7,8)22(2,3)4)11-17-25(24,13-14)29-21(27)28-17/h12,15-19H,9-11,13H2,1-8H3/t15-,16-,17-,18+,19-,24-,25-/m1/s1. The maximum atomic E-state index is 14.6. The molecule has 0 N–H and O–H groups in total. The molecule has 172 valence electrons. The Hall–Kier alpha value is -1.14. The number of fused-ring (bicyclic) bond motifs is 3. The Labute approximate surface area is 187 Å². The fourth-order valence-electron chi connectivity index (χ4n) is 7.40. The highest BCUT2D eigenvalue weighted by molar-refractivity contribution is 6.74. The fraction of sp³-hybridized carbons (Fsp3) is 0.840. The molecule has 0 radical (unpaired) electrons. The van der Waals surface area contributed by atoms with Crippen molar-refractivity contribution < 1.29 is 23.5 Å². The first-order chi connectivity index (χ1) is 14.2. The minimum atomic E-state index is -2.14. The molecule has 4 fully saturated rings. The van der Waals surface area contributed by atoms with Crippen molar-refractivity contribution >= 4 is 20.3 Å². The van der Waals surface area contributed by atoms with Gasteiger partial charge in [-0.25, -0.2) is 4.79 Å². The number of carbonyl (C=O) groups excluding carboxylic acids is 2. The van der Waals surface area contributed by atoms with Gasteiger partial charge >= 0.3 is 6.16 Å². The molecule has 6 heteroatoms. The third-order valence-electron chi connectivity index (χ3n) is 10.0. The molecule has 0 aromatic carbocycles. The summed E-state index contributed by atoms with van der Waals surface area (Å²) in [5.74, 6) is 0.929. The lowest BCUT2D eigenvalue weighted by atomic mass is 9.64. The Kier molecular flexibility index (Phi) is 4.23. The molecule has 2 spiro atoms. The lowest BCUT2D eigenvalue weighted by molar-refractivity contribution is -0.144. The smallest absolute Gasteiger partial charge is 0.427 e. The quantitative estimate of drug-likeness (QED) is 0.312. The van der Waals surface area contributed by atoms with E-state index in [1.807, 2.05) is 0 Å². The van der Waals surface area contributed by atoms with E-state index in [2.05, 4.69) is 60.7 Å². The summed E-state index contributed by atoms with van der Waals surface area (Å²) in [5.41, 5.74) is -0.379. The van der Waals surface area contributed by atoms with Crippen LogP contribution in [0.25, 0.3) is 0 Å². The van der Waals surface area contributed by atoms with Crippen LogP contribution in [0.2, 0.25) is 18.1 Å². The number of hydrogen-bond donors (Lipinski definition) is 0. The van der Waals surface area contributed by atoms with Crippen LogP contribution in [-0.4, -0.2) is 38.1 Å². The predicted molar refractivity (Wildman–Crippen MR) is 120 cm³/mol. The molecule has 4 aliphatic carbocycles. The second-order valence-corrected chi connectivity index (χ2v) is 17.8. The Morgan fingerprint density at radius 2 is 1.87 bits per heavy atom. The van der Waals surface area contributed by atoms with Gasteiger partial charge in [0.15, 0.2) is 19.7 Å². The van der Waals surface area contributed by atoms with Gasteiger partial charge in [-0.05, 0) is 55.1 Å². The Bertz CT molecular complexity index is 883. The maximum absolute atomic E-state index is 14.6. The minimum absolute atomic E-state index is 0.0378. The number of hydrogen-bond acceptors (Lipinski definition) is 5. The van der Waals surface area contributed by atoms with E-state index in [0.717, 1.165) is 18.4 Å². The maximum Gasteiger partial charge on any atom is 0.509 e. The van der Waals surface area contributed by atoms with E-state index in [9.17, 15) is 9.59 Å². The van der Waals surface area contributed by atoms with E-state index in [-0.39, 0.29) is 28.3 Å². The molecule has 1 saturated heterocycles. The van der Waals surface area contributed by atoms with Crippen molar-refractivity contribution in [1.29, 1.82) is 0 Å². The van der Waals surface area contributed by atoms with Crippen molar-refractivity contribution in [1.82, 2.24) is 0 Å². The zero-order valence-corrected chi connectivity index (χ0v) is 21.3. The summed E-state index contributed by atoms with van der Waals surface area (Å²) in [4.78, 5) is 27.0. The molecule has 5 aliphatic rings. The number of rotatable bonds is 2. The van der Waals surface area contributed by atoms with E-state index < -0.39 is 31.6 Å². The third-order valence-corrected chi connectivity index (χ3v) is 14.5. The van der Waals surface area contributed by atoms with Gasteiger partial charge in [0, 0.05) is 18.8 Å². The van der Waals surface area contributed by atoms with Gasteiger partial charge in [-0.15, -0.1) is 0 Å². The van der Waals surface area contributed by atoms with Crippen LogP contribution in [0, 0.1) is 28.6 Å². The lowest BCUT2D eigenvalue weighted by Crippen LogP contribution is -2.55. The molecule has 0 aromatic heterocycles. The highest BCUT2D eigenvalue weighted by Gasteiger charge is 2.77. The molecule has 0 aromatic rings. The molecule has 0 amide bonds. The van der Waals surface area contributed by atoms with Crippen LogP contribution in [0.1, 0.15) is 67.2 Å². The minimum Gasteiger partial charge on any atom is -0.427 e. The Morgan fingerprint density at radius 1 is 1.19 bits per heavy atom. The first kappa shape index (κ1) is 21.7. The Balaban J connectivity index is 1.66. The summed E-state index contributed by atoms with van der Waals surface area (Å²) in [5, 5.41) is 0.0378. The molecule has 1 aliphatic heterocycles. The summed E-state index contributed by atoms with van der Waals surface area (Å²) < 4.78 is 18.8. The summed E-state index contributed by atoms with van der Waals surface area (Å²) in [7, 11) is -2.14. The zero-order valence-electron chi connectivity index (χ0n) is 20.3. The topological polar surface area (TPSA) is 61.8 Å². The van der Waals surface area contributed by atoms with Crippen LogP contribution in [0.5, 0.6) is 0 Å². The summed E-state index contributed by atoms with van der Waals surface area (Å²) in [6, 6.07) is 0. The number of ether oxygens (including phenoxy) is 2. The third kappa shape index (κ3) is 2.64. The van der Waals surface area contributed by atoms with Crippen molar-refractivity contribution in [3.63, 3.8) is 0 Å². The normalized spacial score (nSPS) is 45.4. The summed E-state index contributed by atoms with van der Waals surface area (Å²) in [6.45, 7) is 17.9. The molecule has 0 unspecified atom stereocenters. The van der Waals surface area contributed by atoms with Crippen LogP contribution in [0.4, 0.5) is 4.79 Å². The second-order valence-electron chi connectivity index (χ2n) is 13.0. The van der Waals surface area contributed by atoms with Crippen LogP contribution < -0.4 is 0 Å². The van der Waals surface area contributed by atoms with Gasteiger partial charge in [0.05, 0.1) is 11.5 Å². The Morgan fingerprint density at radius 3 is 2.52 bits per heavy atom. The SMILES string of the molecule is CC1=C[C@]23CC[C@@H]4[C@H]([C@@H](C2=O)[C@H](O[Si](C)(C)C(C)(C)C)C[C@H]2OC(=O)O[C@]23C1)C4(C)C. The van der Waals surface area contributed by atoms with E-state index in [0.29, 0.717) is 24.7 Å². The van der Waals surface area contributed by atoms with Crippen LogP contribution in [-0.2, 0) is 18.7 Å². The van der Waals surface area contributed by atoms with Gasteiger partial charge < -0.3 is 13.9 Å². The monoisotopic (exact) mass is 446 g/mol. The molecule has 5 rings (SSSR count). The molecule has 5 nitrogen and oxygen atoms in total. The van der Waals surface area contributed by atoms with E-state index in [4.69, 9.17) is 13.9 Å². The van der Waals surface area contributed by atoms with E-state index >= 15 is 0 Å². The largest absolute Gasteiger partial charge is 0.509 e. The van der Waals surface area contributed by atoms with Gasteiger partial charge in [0.1, 0.15) is 6.10 Å². The van der Waals surface area contributed by atoms with Crippen molar-refractivity contribution in [3.05, 3.63) is 11.6 Å². The first-order valence-corrected chi connectivity index (χ1v) is 14.9. The highest BCUT2D eigenvalue weighted by atomic mass is 28.4. The van der Waals surface area contributed by atoms with Gasteiger partial charge in [-0.2, -0.15) is 0 Å². The van der Waals surface area contributed by atoms with Crippen LogP contribution >= 0.6 is 0 Å². The van der Waals surface area contributed by atoms with Gasteiger partial charge in [-0.1, -0.05) is 46.3 Å². The average Bonchev–Trinajstić information content (AvgIpc) is 2.89. The highest BCUT2D eigenvalue weighted by Crippen LogP contribution is 2.72. The molecule has 31 heavy (non-hydrogen) atoms. The molecular weight excluding hydrogens is 408 g/mol. The van der Waals surface area contributed by atoms with Crippen molar-refractivity contribution in [3.8, 4) is 0 Å². The van der Waals surface area contributed by atoms with E-state index in [1.54, 1.807) is 0 Å². The van der Waals surface area contributed by atoms with Crippen molar-refractivity contribution in [2.24, 2.45) is 28.6 Å². The summed E-state index contributed by atoms with van der Waals surface area (Å²) >= 11 is 0. The van der Waals surface area contributed by atoms with Crippen molar-refractivity contribution in [2.45, 2.75) is 103 Å². The second kappa shape index (κ2) is 6.05. The van der Waals surface area contributed by atoms with Crippen LogP contribution in [0.15, 0.2) is 11.6 Å². The number of Topliss-reactive ketones (excluding diaryl/α,β-unsaturated/α-hetero) is 1. The fourth-order valence-corrected chi connectivity index (χ4v) is 8.75.